The van der Waals surface area contributed by atoms with Crippen molar-refractivity contribution in [1.29, 1.82) is 0 Å². The minimum atomic E-state index is -0.0366. The molecule has 21 heavy (non-hydrogen) atoms. The lowest BCUT2D eigenvalue weighted by atomic mass is 10.1. The average Bonchev–Trinajstić information content (AvgIpc) is 2.54. The summed E-state index contributed by atoms with van der Waals surface area (Å²) in [5.74, 6) is 1.38. The number of carbonyl (C=O) groups excluding carboxylic acids is 1. The lowest BCUT2D eigenvalue weighted by Gasteiger charge is -2.13. The molecule has 0 aliphatic rings. The number of aromatic nitrogens is 1. The number of ether oxygens (including phenoxy) is 3. The molecule has 110 valence electrons. The van der Waals surface area contributed by atoms with Crippen molar-refractivity contribution in [2.45, 2.75) is 6.54 Å². The third-order valence-corrected chi connectivity index (χ3v) is 3.09. The topological polar surface area (TPSA) is 48.6 Å². The lowest BCUT2D eigenvalue weighted by Crippen LogP contribution is -2.36. The Morgan fingerprint density at radius 1 is 0.952 bits per heavy atom. The van der Waals surface area contributed by atoms with Gasteiger partial charge in [0.05, 0.1) is 21.3 Å². The number of carbonyl (C=O) groups is 1. The molecule has 1 aromatic carbocycles. The number of benzene rings is 1. The van der Waals surface area contributed by atoms with Crippen molar-refractivity contribution < 1.29 is 23.6 Å². The molecule has 0 fully saturated rings. The van der Waals surface area contributed by atoms with Crippen molar-refractivity contribution in [1.82, 2.24) is 0 Å². The molecule has 0 aliphatic carbocycles. The van der Waals surface area contributed by atoms with Gasteiger partial charge in [-0.2, -0.15) is 4.57 Å². The second-order valence-electron chi connectivity index (χ2n) is 4.39. The number of pyridine rings is 1. The van der Waals surface area contributed by atoms with E-state index in [1.807, 2.05) is 35.2 Å². The standard InChI is InChI=1S/C16H18NO4/c1-19-14-9-12(10-15(20-2)16(14)21-3)13(18)11-17-7-5-4-6-8-17/h4-10H,11H2,1-3H3/q+1. The van der Waals surface area contributed by atoms with E-state index in [-0.39, 0.29) is 12.3 Å². The predicted molar refractivity (Wildman–Crippen MR) is 77.1 cm³/mol. The van der Waals surface area contributed by atoms with Gasteiger partial charge in [0, 0.05) is 17.7 Å². The molecule has 0 unspecified atom stereocenters. The molecule has 0 bridgehead atoms. The molecule has 2 aromatic rings. The SMILES string of the molecule is COc1cc(C(=O)C[n+]2ccccc2)cc(OC)c1OC. The summed E-state index contributed by atoms with van der Waals surface area (Å²) in [7, 11) is 4.58. The Balaban J connectivity index is 2.33. The first-order valence-corrected chi connectivity index (χ1v) is 6.47. The highest BCUT2D eigenvalue weighted by molar-refractivity contribution is 5.96. The third kappa shape index (κ3) is 3.31. The van der Waals surface area contributed by atoms with Gasteiger partial charge in [-0.05, 0) is 12.1 Å². The van der Waals surface area contributed by atoms with E-state index >= 15 is 0 Å². The number of rotatable bonds is 6. The Bertz CT molecular complexity index is 600. The number of nitrogens with zero attached hydrogens (tertiary/aromatic N) is 1. The molecule has 0 saturated heterocycles. The Kier molecular flexibility index (Phi) is 4.77. The van der Waals surface area contributed by atoms with E-state index in [9.17, 15) is 4.79 Å². The van der Waals surface area contributed by atoms with E-state index in [4.69, 9.17) is 14.2 Å². The molecule has 0 spiro atoms. The summed E-state index contributed by atoms with van der Waals surface area (Å²) < 4.78 is 17.6. The summed E-state index contributed by atoms with van der Waals surface area (Å²) in [6, 6.07) is 8.98. The van der Waals surface area contributed by atoms with Gasteiger partial charge in [0.25, 0.3) is 0 Å². The van der Waals surface area contributed by atoms with Crippen molar-refractivity contribution in [2.24, 2.45) is 0 Å². The van der Waals surface area contributed by atoms with Crippen molar-refractivity contribution in [3.05, 3.63) is 48.3 Å². The second kappa shape index (κ2) is 6.74. The molecule has 2 rings (SSSR count). The zero-order valence-corrected chi connectivity index (χ0v) is 12.3. The van der Waals surface area contributed by atoms with Gasteiger partial charge in [0.15, 0.2) is 23.9 Å². The third-order valence-electron chi connectivity index (χ3n) is 3.09. The van der Waals surface area contributed by atoms with Gasteiger partial charge < -0.3 is 14.2 Å². The molecule has 0 amide bonds. The first-order chi connectivity index (χ1) is 10.2. The summed E-state index contributed by atoms with van der Waals surface area (Å²) in [5, 5.41) is 0. The van der Waals surface area contributed by atoms with Crippen molar-refractivity contribution in [2.75, 3.05) is 21.3 Å². The summed E-state index contributed by atoms with van der Waals surface area (Å²) in [6.07, 6.45) is 3.69. The van der Waals surface area contributed by atoms with Gasteiger partial charge in [0.1, 0.15) is 0 Å². The Hall–Kier alpha value is -2.56. The Morgan fingerprint density at radius 2 is 1.52 bits per heavy atom. The van der Waals surface area contributed by atoms with Gasteiger partial charge in [0.2, 0.25) is 18.1 Å². The summed E-state index contributed by atoms with van der Waals surface area (Å²) in [4.78, 5) is 12.4. The van der Waals surface area contributed by atoms with Crippen LogP contribution in [0.3, 0.4) is 0 Å². The van der Waals surface area contributed by atoms with Gasteiger partial charge in [-0.15, -0.1) is 0 Å². The van der Waals surface area contributed by atoms with Crippen LogP contribution >= 0.6 is 0 Å². The normalized spacial score (nSPS) is 10.0. The number of ketones is 1. The van der Waals surface area contributed by atoms with Crippen LogP contribution in [0.15, 0.2) is 42.7 Å². The van der Waals surface area contributed by atoms with E-state index in [1.165, 1.54) is 21.3 Å². The van der Waals surface area contributed by atoms with Crippen LogP contribution in [0.1, 0.15) is 10.4 Å². The molecular weight excluding hydrogens is 270 g/mol. The molecule has 1 aromatic heterocycles. The fourth-order valence-electron chi connectivity index (χ4n) is 2.04. The zero-order valence-electron chi connectivity index (χ0n) is 12.3. The number of Topliss-reactive ketones (excluding diaryl/α,β-unsaturated/α-hetero) is 1. The van der Waals surface area contributed by atoms with E-state index in [1.54, 1.807) is 12.1 Å². The van der Waals surface area contributed by atoms with Crippen LogP contribution in [0.2, 0.25) is 0 Å². The number of hydrogen-bond acceptors (Lipinski definition) is 4. The maximum absolute atomic E-state index is 12.4. The van der Waals surface area contributed by atoms with Crippen LogP contribution in [-0.2, 0) is 6.54 Å². The molecule has 0 N–H and O–H groups in total. The quantitative estimate of drug-likeness (QED) is 0.601. The fourth-order valence-corrected chi connectivity index (χ4v) is 2.04. The first-order valence-electron chi connectivity index (χ1n) is 6.47. The second-order valence-corrected chi connectivity index (χ2v) is 4.39. The van der Waals surface area contributed by atoms with Crippen molar-refractivity contribution in [3.63, 3.8) is 0 Å². The first kappa shape index (κ1) is 14.8. The minimum absolute atomic E-state index is 0.0366. The van der Waals surface area contributed by atoms with Crippen LogP contribution in [-0.4, -0.2) is 27.1 Å². The summed E-state index contributed by atoms with van der Waals surface area (Å²) >= 11 is 0. The van der Waals surface area contributed by atoms with Crippen LogP contribution < -0.4 is 18.8 Å². The summed E-state index contributed by atoms with van der Waals surface area (Å²) in [5.41, 5.74) is 0.515. The zero-order chi connectivity index (χ0) is 15.2. The van der Waals surface area contributed by atoms with E-state index < -0.39 is 0 Å². The van der Waals surface area contributed by atoms with Crippen LogP contribution in [0.25, 0.3) is 0 Å². The highest BCUT2D eigenvalue weighted by Gasteiger charge is 2.19. The van der Waals surface area contributed by atoms with Crippen molar-refractivity contribution in [3.8, 4) is 17.2 Å². The molecule has 5 nitrogen and oxygen atoms in total. The smallest absolute Gasteiger partial charge is 0.227 e. The van der Waals surface area contributed by atoms with E-state index in [0.29, 0.717) is 22.8 Å². The molecule has 0 atom stereocenters. The highest BCUT2D eigenvalue weighted by Crippen LogP contribution is 2.38. The molecule has 0 aliphatic heterocycles. The van der Waals surface area contributed by atoms with Gasteiger partial charge in [-0.3, -0.25) is 4.79 Å². The average molecular weight is 288 g/mol. The van der Waals surface area contributed by atoms with Gasteiger partial charge in [-0.25, -0.2) is 0 Å². The fraction of sp³-hybridized carbons (Fsp3) is 0.250. The molecule has 1 heterocycles. The lowest BCUT2D eigenvalue weighted by molar-refractivity contribution is -0.683. The molecule has 0 radical (unpaired) electrons. The van der Waals surface area contributed by atoms with Crippen LogP contribution in [0, 0.1) is 0 Å². The number of hydrogen-bond donors (Lipinski definition) is 0. The monoisotopic (exact) mass is 288 g/mol. The van der Waals surface area contributed by atoms with Gasteiger partial charge in [-0.1, -0.05) is 6.07 Å². The Labute approximate surface area is 123 Å². The maximum atomic E-state index is 12.4. The van der Waals surface area contributed by atoms with Crippen molar-refractivity contribution >= 4 is 5.78 Å². The molecular formula is C16H18NO4+. The minimum Gasteiger partial charge on any atom is -0.493 e. The van der Waals surface area contributed by atoms with Crippen LogP contribution in [0.5, 0.6) is 17.2 Å². The summed E-state index contributed by atoms with van der Waals surface area (Å²) in [6.45, 7) is 0.249. The van der Waals surface area contributed by atoms with E-state index in [2.05, 4.69) is 0 Å². The predicted octanol–water partition coefficient (Wildman–Crippen LogP) is 1.88. The highest BCUT2D eigenvalue weighted by atomic mass is 16.5. The van der Waals surface area contributed by atoms with E-state index in [0.717, 1.165) is 0 Å². The maximum Gasteiger partial charge on any atom is 0.227 e. The molecule has 5 heteroatoms. The molecule has 0 saturated carbocycles. The Morgan fingerprint density at radius 3 is 2.00 bits per heavy atom. The number of methoxy groups -OCH3 is 3. The van der Waals surface area contributed by atoms with Crippen LogP contribution in [0.4, 0.5) is 0 Å². The largest absolute Gasteiger partial charge is 0.493 e. The van der Waals surface area contributed by atoms with Gasteiger partial charge >= 0.3 is 0 Å².